The molecule has 0 bridgehead atoms. The Morgan fingerprint density at radius 3 is 2.74 bits per heavy atom. The SMILES string of the molecule is O=C(O)C[C@H](NC(=O)c1cn2ccsc2n1)c1ccc(F)cc1. The van der Waals surface area contributed by atoms with E-state index in [1.807, 2.05) is 5.38 Å². The van der Waals surface area contributed by atoms with Crippen LogP contribution < -0.4 is 5.32 Å². The molecule has 0 unspecified atom stereocenters. The number of benzene rings is 1. The Kier molecular flexibility index (Phi) is 4.07. The van der Waals surface area contributed by atoms with Crippen LogP contribution in [-0.2, 0) is 4.79 Å². The van der Waals surface area contributed by atoms with E-state index in [0.29, 0.717) is 10.5 Å². The molecule has 2 N–H and O–H groups in total. The maximum atomic E-state index is 13.0. The number of thiazole rings is 1. The molecule has 23 heavy (non-hydrogen) atoms. The van der Waals surface area contributed by atoms with E-state index in [4.69, 9.17) is 5.11 Å². The summed E-state index contributed by atoms with van der Waals surface area (Å²) in [6.45, 7) is 0. The molecule has 118 valence electrons. The van der Waals surface area contributed by atoms with Crippen LogP contribution in [0.2, 0.25) is 0 Å². The Morgan fingerprint density at radius 2 is 2.09 bits per heavy atom. The molecule has 0 saturated heterocycles. The summed E-state index contributed by atoms with van der Waals surface area (Å²) in [5.74, 6) is -1.97. The lowest BCUT2D eigenvalue weighted by Crippen LogP contribution is -2.30. The maximum Gasteiger partial charge on any atom is 0.305 e. The molecule has 1 atom stereocenters. The van der Waals surface area contributed by atoms with E-state index in [-0.39, 0.29) is 12.1 Å². The van der Waals surface area contributed by atoms with Crippen LogP contribution in [0.3, 0.4) is 0 Å². The summed E-state index contributed by atoms with van der Waals surface area (Å²) in [7, 11) is 0. The van der Waals surface area contributed by atoms with Gasteiger partial charge in [0.15, 0.2) is 4.96 Å². The van der Waals surface area contributed by atoms with Crippen LogP contribution in [0.15, 0.2) is 42.0 Å². The van der Waals surface area contributed by atoms with Gasteiger partial charge in [0.2, 0.25) is 0 Å². The normalized spacial score (nSPS) is 12.2. The zero-order valence-corrected chi connectivity index (χ0v) is 12.6. The van der Waals surface area contributed by atoms with Gasteiger partial charge in [-0.05, 0) is 17.7 Å². The van der Waals surface area contributed by atoms with Crippen molar-refractivity contribution in [1.29, 1.82) is 0 Å². The lowest BCUT2D eigenvalue weighted by molar-refractivity contribution is -0.137. The fourth-order valence-electron chi connectivity index (χ4n) is 2.19. The predicted molar refractivity (Wildman–Crippen MR) is 81.9 cm³/mol. The quantitative estimate of drug-likeness (QED) is 0.751. The van der Waals surface area contributed by atoms with E-state index in [1.165, 1.54) is 35.6 Å². The van der Waals surface area contributed by atoms with E-state index in [2.05, 4.69) is 10.3 Å². The average molecular weight is 333 g/mol. The molecule has 6 nitrogen and oxygen atoms in total. The van der Waals surface area contributed by atoms with Crippen molar-refractivity contribution in [3.05, 3.63) is 59.1 Å². The van der Waals surface area contributed by atoms with Crippen LogP contribution in [-0.4, -0.2) is 26.4 Å². The summed E-state index contributed by atoms with van der Waals surface area (Å²) in [6, 6.07) is 4.59. The minimum absolute atomic E-state index is 0.203. The van der Waals surface area contributed by atoms with E-state index in [9.17, 15) is 14.0 Å². The number of rotatable bonds is 5. The number of nitrogens with one attached hydrogen (secondary N) is 1. The molecule has 2 aromatic heterocycles. The number of amides is 1. The largest absolute Gasteiger partial charge is 0.481 e. The number of nitrogens with zero attached hydrogens (tertiary/aromatic N) is 2. The van der Waals surface area contributed by atoms with Crippen molar-refractivity contribution in [2.75, 3.05) is 0 Å². The van der Waals surface area contributed by atoms with Gasteiger partial charge in [-0.2, -0.15) is 0 Å². The summed E-state index contributed by atoms with van der Waals surface area (Å²) in [5.41, 5.74) is 0.720. The average Bonchev–Trinajstić information content (AvgIpc) is 3.08. The van der Waals surface area contributed by atoms with Gasteiger partial charge in [-0.15, -0.1) is 11.3 Å². The minimum Gasteiger partial charge on any atom is -0.481 e. The fraction of sp³-hybridized carbons (Fsp3) is 0.133. The summed E-state index contributed by atoms with van der Waals surface area (Å²) in [5, 5.41) is 13.5. The van der Waals surface area contributed by atoms with Crippen LogP contribution in [0.4, 0.5) is 4.39 Å². The number of aliphatic carboxylic acids is 1. The van der Waals surface area contributed by atoms with Gasteiger partial charge in [0.1, 0.15) is 11.5 Å². The summed E-state index contributed by atoms with van der Waals surface area (Å²) >= 11 is 1.39. The second-order valence-electron chi connectivity index (χ2n) is 4.89. The molecule has 1 amide bonds. The zero-order valence-electron chi connectivity index (χ0n) is 11.8. The molecule has 1 aromatic carbocycles. The number of hydrogen-bond donors (Lipinski definition) is 2. The smallest absolute Gasteiger partial charge is 0.305 e. The number of carboxylic acid groups (broad SMARTS) is 1. The molecule has 3 rings (SSSR count). The maximum absolute atomic E-state index is 13.0. The number of imidazole rings is 1. The lowest BCUT2D eigenvalue weighted by atomic mass is 10.0. The van der Waals surface area contributed by atoms with E-state index >= 15 is 0 Å². The van der Waals surface area contributed by atoms with Crippen molar-refractivity contribution in [2.45, 2.75) is 12.5 Å². The first-order valence-corrected chi connectivity index (χ1v) is 7.61. The van der Waals surface area contributed by atoms with Crippen LogP contribution in [0.5, 0.6) is 0 Å². The summed E-state index contributed by atoms with van der Waals surface area (Å²) in [4.78, 5) is 28.2. The first-order chi connectivity index (χ1) is 11.0. The van der Waals surface area contributed by atoms with Crippen molar-refractivity contribution in [2.24, 2.45) is 0 Å². The highest BCUT2D eigenvalue weighted by Gasteiger charge is 2.20. The van der Waals surface area contributed by atoms with E-state index in [0.717, 1.165) is 0 Å². The molecule has 0 spiro atoms. The molecule has 0 aliphatic carbocycles. The van der Waals surface area contributed by atoms with Gasteiger partial charge >= 0.3 is 5.97 Å². The summed E-state index contributed by atoms with van der Waals surface area (Å²) in [6.07, 6.45) is 3.04. The molecule has 2 heterocycles. The van der Waals surface area contributed by atoms with Crippen molar-refractivity contribution in [1.82, 2.24) is 14.7 Å². The van der Waals surface area contributed by atoms with Crippen molar-refractivity contribution < 1.29 is 19.1 Å². The highest BCUT2D eigenvalue weighted by atomic mass is 32.1. The second-order valence-corrected chi connectivity index (χ2v) is 5.77. The highest BCUT2D eigenvalue weighted by Crippen LogP contribution is 2.19. The fourth-order valence-corrected chi connectivity index (χ4v) is 2.89. The van der Waals surface area contributed by atoms with Gasteiger partial charge < -0.3 is 10.4 Å². The van der Waals surface area contributed by atoms with Gasteiger partial charge in [-0.25, -0.2) is 9.37 Å². The lowest BCUT2D eigenvalue weighted by Gasteiger charge is -2.16. The molecular formula is C15H12FN3O3S. The number of carbonyl (C=O) groups excluding carboxylic acids is 1. The minimum atomic E-state index is -1.06. The Balaban J connectivity index is 1.82. The monoisotopic (exact) mass is 333 g/mol. The van der Waals surface area contributed by atoms with Crippen LogP contribution in [0.25, 0.3) is 4.96 Å². The molecule has 0 saturated carbocycles. The van der Waals surface area contributed by atoms with Crippen molar-refractivity contribution >= 4 is 28.2 Å². The Bertz CT molecular complexity index is 828. The van der Waals surface area contributed by atoms with Crippen LogP contribution in [0, 0.1) is 5.82 Å². The van der Waals surface area contributed by atoms with Gasteiger partial charge in [0, 0.05) is 17.8 Å². The Labute approximate surface area is 134 Å². The topological polar surface area (TPSA) is 83.7 Å². The van der Waals surface area contributed by atoms with Gasteiger partial charge in [-0.1, -0.05) is 12.1 Å². The standard InChI is InChI=1S/C15H12FN3O3S/c16-10-3-1-9(2-4-10)11(7-13(20)21)17-14(22)12-8-19-5-6-23-15(19)18-12/h1-6,8,11H,7H2,(H,17,22)(H,20,21)/t11-/m0/s1. The Hall–Kier alpha value is -2.74. The predicted octanol–water partition coefficient (Wildman–Crippen LogP) is 2.48. The molecule has 3 aromatic rings. The van der Waals surface area contributed by atoms with Crippen molar-refractivity contribution in [3.8, 4) is 0 Å². The molecule has 0 aliphatic rings. The second kappa shape index (κ2) is 6.17. The Morgan fingerprint density at radius 1 is 1.35 bits per heavy atom. The van der Waals surface area contributed by atoms with Gasteiger partial charge in [-0.3, -0.25) is 14.0 Å². The first-order valence-electron chi connectivity index (χ1n) is 6.73. The van der Waals surface area contributed by atoms with Gasteiger partial charge in [0.05, 0.1) is 12.5 Å². The highest BCUT2D eigenvalue weighted by molar-refractivity contribution is 7.15. The first kappa shape index (κ1) is 15.2. The number of halogens is 1. The van der Waals surface area contributed by atoms with E-state index < -0.39 is 23.7 Å². The molecule has 0 radical (unpaired) electrons. The number of carboxylic acids is 1. The third-order valence-electron chi connectivity index (χ3n) is 3.28. The zero-order chi connectivity index (χ0) is 16.4. The molecular weight excluding hydrogens is 321 g/mol. The number of hydrogen-bond acceptors (Lipinski definition) is 4. The number of fused-ring (bicyclic) bond motifs is 1. The van der Waals surface area contributed by atoms with Crippen molar-refractivity contribution in [3.63, 3.8) is 0 Å². The third kappa shape index (κ3) is 3.37. The van der Waals surface area contributed by atoms with Gasteiger partial charge in [0.25, 0.3) is 5.91 Å². The number of aromatic nitrogens is 2. The van der Waals surface area contributed by atoms with E-state index in [1.54, 1.807) is 16.8 Å². The van der Waals surface area contributed by atoms with Crippen LogP contribution in [0.1, 0.15) is 28.5 Å². The molecule has 8 heteroatoms. The number of carbonyl (C=O) groups is 2. The van der Waals surface area contributed by atoms with Crippen LogP contribution >= 0.6 is 11.3 Å². The summed E-state index contributed by atoms with van der Waals surface area (Å²) < 4.78 is 14.7. The molecule has 0 fully saturated rings. The third-order valence-corrected chi connectivity index (χ3v) is 4.05. The molecule has 0 aliphatic heterocycles.